The molecule has 0 atom stereocenters. The summed E-state index contributed by atoms with van der Waals surface area (Å²) in [6.45, 7) is 5.91. The molecule has 0 N–H and O–H groups in total. The summed E-state index contributed by atoms with van der Waals surface area (Å²) in [4.78, 5) is 9.82. The van der Waals surface area contributed by atoms with Crippen LogP contribution in [0.15, 0.2) is 0 Å². The van der Waals surface area contributed by atoms with Crippen LogP contribution in [-0.4, -0.2) is 42.7 Å². The second-order valence-corrected chi connectivity index (χ2v) is 8.54. The Balaban J connectivity index is 0. The van der Waals surface area contributed by atoms with Crippen LogP contribution >= 0.6 is 0 Å². The first-order chi connectivity index (χ1) is 11.0. The van der Waals surface area contributed by atoms with Gasteiger partial charge in [0.05, 0.1) is 6.61 Å². The zero-order chi connectivity index (χ0) is 18.0. The van der Waals surface area contributed by atoms with Crippen molar-refractivity contribution in [2.24, 2.45) is 0 Å². The van der Waals surface area contributed by atoms with E-state index in [9.17, 15) is 4.79 Å². The van der Waals surface area contributed by atoms with Gasteiger partial charge < -0.3 is 18.0 Å². The van der Waals surface area contributed by atoms with Gasteiger partial charge in [-0.2, -0.15) is 0 Å². The molecule has 0 aromatic carbocycles. The lowest BCUT2D eigenvalue weighted by atomic mass is 10.1. The molecule has 0 rings (SSSR count). The van der Waals surface area contributed by atoms with Gasteiger partial charge >= 0.3 is 14.8 Å². The smallest absolute Gasteiger partial charge is 0.466 e. The Hall–Kier alpha value is -0.433. The molecule has 0 aliphatic rings. The van der Waals surface area contributed by atoms with E-state index in [0.717, 1.165) is 12.5 Å². The molecule has 0 saturated heterocycles. The van der Waals surface area contributed by atoms with Crippen molar-refractivity contribution in [2.75, 3.05) is 27.9 Å². The number of esters is 1. The van der Waals surface area contributed by atoms with E-state index in [1.807, 2.05) is 0 Å². The van der Waals surface area contributed by atoms with Crippen molar-refractivity contribution in [3.8, 4) is 0 Å². The summed E-state index contributed by atoms with van der Waals surface area (Å²) in [6.07, 6.45) is 10.6. The molecule has 0 radical (unpaired) electrons. The second-order valence-electron chi connectivity index (χ2n) is 5.44. The molecule has 0 aromatic heterocycles. The van der Waals surface area contributed by atoms with Gasteiger partial charge in [-0.15, -0.1) is 0 Å². The molecule has 0 aromatic rings. The average molecular weight is 351 g/mol. The molecule has 140 valence electrons. The Morgan fingerprint density at radius 2 is 1.22 bits per heavy atom. The van der Waals surface area contributed by atoms with E-state index in [1.165, 1.54) is 51.9 Å². The minimum absolute atomic E-state index is 0.211. The standard InChI is InChI=1S/C13H30O3Si.C4H8O2/c1-5-6-7-8-9-10-11-12-13-17(14-2,15-3)16-4;1-3-6-4(2)5/h5-13H2,1-4H3;3H2,1-2H3. The largest absolute Gasteiger partial charge is 0.500 e. The summed E-state index contributed by atoms with van der Waals surface area (Å²) < 4.78 is 20.6. The number of carbonyl (C=O) groups is 1. The van der Waals surface area contributed by atoms with Crippen molar-refractivity contribution in [3.05, 3.63) is 0 Å². The Labute approximate surface area is 144 Å². The van der Waals surface area contributed by atoms with E-state index in [4.69, 9.17) is 13.3 Å². The normalized spacial score (nSPS) is 10.9. The Morgan fingerprint density at radius 3 is 1.52 bits per heavy atom. The number of rotatable bonds is 13. The SMILES string of the molecule is CCCCCCCCCC[Si](OC)(OC)OC.CCOC(C)=O. The molecule has 5 nitrogen and oxygen atoms in total. The van der Waals surface area contributed by atoms with Crippen LogP contribution in [0.25, 0.3) is 0 Å². The monoisotopic (exact) mass is 350 g/mol. The molecule has 0 spiro atoms. The van der Waals surface area contributed by atoms with Gasteiger partial charge in [0.15, 0.2) is 0 Å². The molecule has 0 aliphatic heterocycles. The second kappa shape index (κ2) is 17.9. The predicted molar refractivity (Wildman–Crippen MR) is 96.5 cm³/mol. The zero-order valence-corrected chi connectivity index (χ0v) is 17.1. The molecule has 0 fully saturated rings. The molecule has 23 heavy (non-hydrogen) atoms. The van der Waals surface area contributed by atoms with Crippen LogP contribution in [-0.2, 0) is 22.8 Å². The Bertz CT molecular complexity index is 249. The van der Waals surface area contributed by atoms with Gasteiger partial charge in [-0.05, 0) is 13.3 Å². The summed E-state index contributed by atoms with van der Waals surface area (Å²) in [5, 5.41) is 0. The molecular weight excluding hydrogens is 312 g/mol. The fraction of sp³-hybridized carbons (Fsp3) is 0.941. The highest BCUT2D eigenvalue weighted by molar-refractivity contribution is 6.60. The van der Waals surface area contributed by atoms with Crippen molar-refractivity contribution >= 4 is 14.8 Å². The van der Waals surface area contributed by atoms with E-state index in [1.54, 1.807) is 28.3 Å². The fourth-order valence-electron chi connectivity index (χ4n) is 2.23. The molecule has 0 heterocycles. The molecule has 0 aliphatic carbocycles. The average Bonchev–Trinajstić information content (AvgIpc) is 2.55. The summed E-state index contributed by atoms with van der Waals surface area (Å²) in [5.74, 6) is -0.211. The van der Waals surface area contributed by atoms with Crippen molar-refractivity contribution in [1.82, 2.24) is 0 Å². The van der Waals surface area contributed by atoms with Gasteiger partial charge in [-0.25, -0.2) is 0 Å². The first-order valence-electron chi connectivity index (χ1n) is 8.80. The van der Waals surface area contributed by atoms with Crippen LogP contribution in [0.1, 0.15) is 72.1 Å². The molecule has 6 heteroatoms. The van der Waals surface area contributed by atoms with Gasteiger partial charge in [0.25, 0.3) is 0 Å². The fourth-order valence-corrected chi connectivity index (χ4v) is 4.03. The highest BCUT2D eigenvalue weighted by Gasteiger charge is 2.36. The van der Waals surface area contributed by atoms with Crippen LogP contribution in [0.2, 0.25) is 6.04 Å². The van der Waals surface area contributed by atoms with E-state index in [0.29, 0.717) is 6.61 Å². The molecule has 0 saturated carbocycles. The van der Waals surface area contributed by atoms with Crippen molar-refractivity contribution in [3.63, 3.8) is 0 Å². The predicted octanol–water partition coefficient (Wildman–Crippen LogP) is 4.57. The topological polar surface area (TPSA) is 54.0 Å². The van der Waals surface area contributed by atoms with Crippen LogP contribution in [0.3, 0.4) is 0 Å². The lowest BCUT2D eigenvalue weighted by molar-refractivity contribution is -0.140. The minimum Gasteiger partial charge on any atom is -0.466 e. The Kier molecular flexibility index (Phi) is 19.3. The lowest BCUT2D eigenvalue weighted by Gasteiger charge is -2.24. The summed E-state index contributed by atoms with van der Waals surface area (Å²) in [7, 11) is 2.75. The van der Waals surface area contributed by atoms with Crippen LogP contribution in [0, 0.1) is 0 Å². The van der Waals surface area contributed by atoms with Gasteiger partial charge in [0, 0.05) is 34.3 Å². The molecule has 0 amide bonds. The van der Waals surface area contributed by atoms with Gasteiger partial charge in [0.1, 0.15) is 0 Å². The van der Waals surface area contributed by atoms with Crippen molar-refractivity contribution in [2.45, 2.75) is 78.2 Å². The number of hydrogen-bond donors (Lipinski definition) is 0. The molecule has 0 bridgehead atoms. The van der Waals surface area contributed by atoms with E-state index >= 15 is 0 Å². The number of hydrogen-bond acceptors (Lipinski definition) is 5. The lowest BCUT2D eigenvalue weighted by Crippen LogP contribution is -2.42. The maximum atomic E-state index is 9.82. The van der Waals surface area contributed by atoms with Gasteiger partial charge in [-0.3, -0.25) is 4.79 Å². The van der Waals surface area contributed by atoms with E-state index in [-0.39, 0.29) is 5.97 Å². The van der Waals surface area contributed by atoms with Crippen molar-refractivity contribution in [1.29, 1.82) is 0 Å². The van der Waals surface area contributed by atoms with E-state index in [2.05, 4.69) is 11.7 Å². The maximum absolute atomic E-state index is 9.82. The minimum atomic E-state index is -2.30. The third-order valence-corrected chi connectivity index (χ3v) is 6.45. The summed E-state index contributed by atoms with van der Waals surface area (Å²) in [6, 6.07) is 0.936. The van der Waals surface area contributed by atoms with E-state index < -0.39 is 8.80 Å². The highest BCUT2D eigenvalue weighted by atomic mass is 28.4. The first kappa shape index (κ1) is 24.8. The maximum Gasteiger partial charge on any atom is 0.500 e. The summed E-state index contributed by atoms with van der Waals surface area (Å²) in [5.41, 5.74) is 0. The molecular formula is C17H38O5Si. The zero-order valence-electron chi connectivity index (χ0n) is 16.1. The number of carbonyl (C=O) groups excluding carboxylic acids is 1. The van der Waals surface area contributed by atoms with Crippen molar-refractivity contribution < 1.29 is 22.8 Å². The first-order valence-corrected chi connectivity index (χ1v) is 10.7. The number of ether oxygens (including phenoxy) is 1. The third kappa shape index (κ3) is 16.2. The summed E-state index contributed by atoms with van der Waals surface area (Å²) >= 11 is 0. The number of unbranched alkanes of at least 4 members (excludes halogenated alkanes) is 7. The third-order valence-electron chi connectivity index (χ3n) is 3.62. The van der Waals surface area contributed by atoms with Crippen LogP contribution in [0.5, 0.6) is 0 Å². The quantitative estimate of drug-likeness (QED) is 0.276. The Morgan fingerprint density at radius 1 is 0.783 bits per heavy atom. The molecule has 0 unspecified atom stereocenters. The highest BCUT2D eigenvalue weighted by Crippen LogP contribution is 2.18. The van der Waals surface area contributed by atoms with Crippen LogP contribution < -0.4 is 0 Å². The van der Waals surface area contributed by atoms with Gasteiger partial charge in [-0.1, -0.05) is 51.9 Å². The van der Waals surface area contributed by atoms with Crippen LogP contribution in [0.4, 0.5) is 0 Å². The van der Waals surface area contributed by atoms with Gasteiger partial charge in [0.2, 0.25) is 0 Å².